The predicted molar refractivity (Wildman–Crippen MR) is 149 cm³/mol. The van der Waals surface area contributed by atoms with Gasteiger partial charge in [-0.05, 0) is 91.4 Å². The molecule has 3 aliphatic heterocycles. The van der Waals surface area contributed by atoms with Gasteiger partial charge in [0.1, 0.15) is 23.4 Å². The maximum atomic E-state index is 14.7. The molecule has 0 saturated carbocycles. The van der Waals surface area contributed by atoms with Crippen LogP contribution in [0, 0.1) is 12.4 Å². The molecule has 0 spiro atoms. The molecule has 0 aromatic heterocycles. The summed E-state index contributed by atoms with van der Waals surface area (Å²) in [5.74, 6) is -0.0587. The number of likely N-dealkylation sites (tertiary alicyclic amines) is 1. The molecule has 3 heterocycles. The van der Waals surface area contributed by atoms with Gasteiger partial charge in [-0.25, -0.2) is 9.24 Å². The highest BCUT2D eigenvalue weighted by atomic mass is 19.1. The van der Waals surface area contributed by atoms with Crippen LogP contribution in [0.2, 0.25) is 0 Å². The number of nitrogens with one attached hydrogen (secondary N) is 1. The number of nitrogens with zero attached hydrogens (tertiary/aromatic N) is 3. The Labute approximate surface area is 237 Å². The van der Waals surface area contributed by atoms with Crippen LogP contribution in [0.3, 0.4) is 0 Å². The summed E-state index contributed by atoms with van der Waals surface area (Å²) in [4.78, 5) is 44.4. The monoisotopic (exact) mass is 552 g/mol. The van der Waals surface area contributed by atoms with E-state index in [0.29, 0.717) is 17.0 Å². The highest BCUT2D eigenvalue weighted by Crippen LogP contribution is 2.38. The van der Waals surface area contributed by atoms with E-state index in [4.69, 9.17) is 11.3 Å². The number of hydrogen-bond acceptors (Lipinski definition) is 5. The lowest BCUT2D eigenvalue weighted by molar-refractivity contribution is -0.136. The fourth-order valence-electron chi connectivity index (χ4n) is 6.07. The number of ether oxygens (including phenoxy) is 1. The third-order valence-electron chi connectivity index (χ3n) is 8.21. The summed E-state index contributed by atoms with van der Waals surface area (Å²) in [5, 5.41) is 2.32. The molecule has 3 aliphatic rings. The molecule has 0 aliphatic carbocycles. The van der Waals surface area contributed by atoms with Gasteiger partial charge in [0.25, 0.3) is 5.91 Å². The van der Waals surface area contributed by atoms with Crippen LogP contribution in [0.1, 0.15) is 58.6 Å². The second kappa shape index (κ2) is 11.1. The molecule has 1 atom stereocenters. The Morgan fingerprint density at radius 1 is 0.951 bits per heavy atom. The molecular formula is C32H29FN4O4. The molecule has 208 valence electrons. The Hall–Kier alpha value is -4.55. The number of amides is 3. The standard InChI is InChI=1S/C32H29FN4O4/c1-34-23-4-8-25(9-5-23)41-24-6-2-20(3-7-24)18-36-14-12-21(13-15-36)26-16-22(33)17-27-28(26)19-37(32(27)40)29-10-11-30(38)35-31(29)39/h2-9,16-17,21,29H,10-15,18-19H2,(H,35,38,39). The number of halogens is 1. The molecule has 0 radical (unpaired) electrons. The zero-order valence-electron chi connectivity index (χ0n) is 22.4. The minimum Gasteiger partial charge on any atom is -0.457 e. The van der Waals surface area contributed by atoms with Gasteiger partial charge in [-0.15, -0.1) is 0 Å². The first kappa shape index (κ1) is 26.7. The van der Waals surface area contributed by atoms with Crippen LogP contribution in [-0.4, -0.2) is 46.7 Å². The van der Waals surface area contributed by atoms with Gasteiger partial charge in [-0.3, -0.25) is 24.6 Å². The number of benzene rings is 3. The highest BCUT2D eigenvalue weighted by molar-refractivity contribution is 6.05. The maximum absolute atomic E-state index is 14.7. The van der Waals surface area contributed by atoms with E-state index < -0.39 is 17.8 Å². The Bertz CT molecular complexity index is 1540. The summed E-state index contributed by atoms with van der Waals surface area (Å²) >= 11 is 0. The largest absolute Gasteiger partial charge is 0.457 e. The van der Waals surface area contributed by atoms with Crippen LogP contribution in [-0.2, 0) is 22.7 Å². The molecule has 41 heavy (non-hydrogen) atoms. The highest BCUT2D eigenvalue weighted by Gasteiger charge is 2.41. The average molecular weight is 553 g/mol. The zero-order valence-corrected chi connectivity index (χ0v) is 22.4. The van der Waals surface area contributed by atoms with Gasteiger partial charge in [-0.2, -0.15) is 0 Å². The summed E-state index contributed by atoms with van der Waals surface area (Å²) in [6.07, 6.45) is 2.14. The third kappa shape index (κ3) is 5.56. The lowest BCUT2D eigenvalue weighted by Crippen LogP contribution is -2.52. The van der Waals surface area contributed by atoms with Gasteiger partial charge in [0.15, 0.2) is 5.69 Å². The quantitative estimate of drug-likeness (QED) is 0.331. The third-order valence-corrected chi connectivity index (χ3v) is 8.21. The number of rotatable bonds is 6. The molecule has 6 rings (SSSR count). The molecule has 3 aromatic rings. The van der Waals surface area contributed by atoms with E-state index in [0.717, 1.165) is 54.9 Å². The van der Waals surface area contributed by atoms with Crippen molar-refractivity contribution in [3.8, 4) is 11.5 Å². The topological polar surface area (TPSA) is 83.3 Å². The summed E-state index contributed by atoms with van der Waals surface area (Å²) in [6.45, 7) is 9.77. The first-order chi connectivity index (χ1) is 19.9. The van der Waals surface area contributed by atoms with Crippen molar-refractivity contribution < 1.29 is 23.5 Å². The molecule has 0 bridgehead atoms. The molecule has 3 amide bonds. The van der Waals surface area contributed by atoms with Gasteiger partial charge in [0.2, 0.25) is 11.8 Å². The summed E-state index contributed by atoms with van der Waals surface area (Å²) in [6, 6.07) is 17.1. The van der Waals surface area contributed by atoms with Gasteiger partial charge in [-0.1, -0.05) is 24.3 Å². The summed E-state index contributed by atoms with van der Waals surface area (Å²) in [5.41, 5.74) is 3.72. The molecule has 1 N–H and O–H groups in total. The molecule has 9 heteroatoms. The van der Waals surface area contributed by atoms with E-state index >= 15 is 0 Å². The number of piperidine rings is 2. The van der Waals surface area contributed by atoms with E-state index in [2.05, 4.69) is 15.1 Å². The zero-order chi connectivity index (χ0) is 28.5. The SMILES string of the molecule is [C-]#[N+]c1ccc(Oc2ccc(CN3CCC(c4cc(F)cc5c4CN(C4CCC(=O)NC4=O)C5=O)CC3)cc2)cc1. The van der Waals surface area contributed by atoms with Crippen LogP contribution >= 0.6 is 0 Å². The molecule has 2 fully saturated rings. The minimum absolute atomic E-state index is 0.121. The van der Waals surface area contributed by atoms with E-state index in [1.807, 2.05) is 24.3 Å². The van der Waals surface area contributed by atoms with Crippen molar-refractivity contribution in [3.05, 3.63) is 100 Å². The molecule has 3 aromatic carbocycles. The first-order valence-electron chi connectivity index (χ1n) is 13.8. The predicted octanol–water partition coefficient (Wildman–Crippen LogP) is 5.31. The first-order valence-corrected chi connectivity index (χ1v) is 13.8. The van der Waals surface area contributed by atoms with E-state index in [1.54, 1.807) is 30.3 Å². The van der Waals surface area contributed by atoms with Crippen molar-refractivity contribution in [2.75, 3.05) is 13.1 Å². The molecule has 2 saturated heterocycles. The second-order valence-electron chi connectivity index (χ2n) is 10.8. The number of carbonyl (C=O) groups excluding carboxylic acids is 3. The van der Waals surface area contributed by atoms with Gasteiger partial charge in [0.05, 0.1) is 6.57 Å². The summed E-state index contributed by atoms with van der Waals surface area (Å²) in [7, 11) is 0. The lowest BCUT2D eigenvalue weighted by atomic mass is 9.85. The fraction of sp³-hybridized carbons (Fsp3) is 0.312. The van der Waals surface area contributed by atoms with E-state index in [1.165, 1.54) is 11.0 Å². The van der Waals surface area contributed by atoms with Crippen LogP contribution in [0.25, 0.3) is 4.85 Å². The van der Waals surface area contributed by atoms with Crippen molar-refractivity contribution in [1.82, 2.24) is 15.1 Å². The van der Waals surface area contributed by atoms with Gasteiger partial charge < -0.3 is 9.64 Å². The van der Waals surface area contributed by atoms with Gasteiger partial charge in [0, 0.05) is 25.1 Å². The minimum atomic E-state index is -0.715. The smallest absolute Gasteiger partial charge is 0.255 e. The average Bonchev–Trinajstić information content (AvgIpc) is 3.30. The molecule has 1 unspecified atom stereocenters. The lowest BCUT2D eigenvalue weighted by Gasteiger charge is -2.33. The normalized spacial score (nSPS) is 19.6. The fourth-order valence-corrected chi connectivity index (χ4v) is 6.07. The number of fused-ring (bicyclic) bond motifs is 1. The molecule has 8 nitrogen and oxygen atoms in total. The van der Waals surface area contributed by atoms with Crippen molar-refractivity contribution in [2.24, 2.45) is 0 Å². The van der Waals surface area contributed by atoms with Gasteiger partial charge >= 0.3 is 0 Å². The van der Waals surface area contributed by atoms with Crippen LogP contribution in [0.4, 0.5) is 10.1 Å². The Morgan fingerprint density at radius 3 is 2.29 bits per heavy atom. The van der Waals surface area contributed by atoms with Crippen LogP contribution in [0.5, 0.6) is 11.5 Å². The number of hydrogen-bond donors (Lipinski definition) is 1. The number of carbonyl (C=O) groups is 3. The van der Waals surface area contributed by atoms with Crippen molar-refractivity contribution in [2.45, 2.75) is 50.7 Å². The van der Waals surface area contributed by atoms with Crippen molar-refractivity contribution >= 4 is 23.4 Å². The maximum Gasteiger partial charge on any atom is 0.255 e. The molecular weight excluding hydrogens is 523 g/mol. The van der Waals surface area contributed by atoms with Crippen LogP contribution in [0.15, 0.2) is 60.7 Å². The van der Waals surface area contributed by atoms with Crippen LogP contribution < -0.4 is 10.1 Å². The Balaban J connectivity index is 1.08. The van der Waals surface area contributed by atoms with Crippen molar-refractivity contribution in [1.29, 1.82) is 0 Å². The van der Waals surface area contributed by atoms with E-state index in [9.17, 15) is 18.8 Å². The summed E-state index contributed by atoms with van der Waals surface area (Å²) < 4.78 is 20.6. The van der Waals surface area contributed by atoms with E-state index in [-0.39, 0.29) is 37.1 Å². The second-order valence-corrected chi connectivity index (χ2v) is 10.8. The number of imide groups is 1. The Morgan fingerprint density at radius 2 is 1.63 bits per heavy atom. The Kier molecular flexibility index (Phi) is 7.25. The van der Waals surface area contributed by atoms with Crippen molar-refractivity contribution in [3.63, 3.8) is 0 Å².